The predicted molar refractivity (Wildman–Crippen MR) is 125 cm³/mol. The number of carbonyl (C=O) groups is 1. The van der Waals surface area contributed by atoms with E-state index in [4.69, 9.17) is 10.5 Å². The number of rotatable bonds is 5. The van der Waals surface area contributed by atoms with Crippen molar-refractivity contribution < 1.29 is 9.53 Å². The molecule has 1 aromatic carbocycles. The SMILES string of the molecule is Cc1ccc(C(CNC(=O)C2CC3CCCC(C2)C3N)N2CCOCC2)cc1.Cl.Cl. The number of fused-ring (bicyclic) bond motifs is 2. The zero-order chi connectivity index (χ0) is 19.5. The summed E-state index contributed by atoms with van der Waals surface area (Å²) in [7, 11) is 0. The van der Waals surface area contributed by atoms with Gasteiger partial charge in [-0.05, 0) is 50.0 Å². The Morgan fingerprint density at radius 3 is 2.33 bits per heavy atom. The van der Waals surface area contributed by atoms with Crippen molar-refractivity contribution in [2.24, 2.45) is 23.5 Å². The maximum Gasteiger partial charge on any atom is 0.223 e. The van der Waals surface area contributed by atoms with Crippen LogP contribution in [0.3, 0.4) is 0 Å². The number of nitrogens with zero attached hydrogens (tertiary/aromatic N) is 1. The van der Waals surface area contributed by atoms with Gasteiger partial charge in [0.05, 0.1) is 19.3 Å². The molecule has 3 unspecified atom stereocenters. The van der Waals surface area contributed by atoms with E-state index in [1.807, 2.05) is 0 Å². The van der Waals surface area contributed by atoms with Crippen molar-refractivity contribution in [2.45, 2.75) is 51.1 Å². The average molecular weight is 458 g/mol. The third-order valence-corrected chi connectivity index (χ3v) is 7.20. The first-order valence-electron chi connectivity index (χ1n) is 11.0. The predicted octanol–water partition coefficient (Wildman–Crippen LogP) is 3.48. The van der Waals surface area contributed by atoms with Gasteiger partial charge in [0, 0.05) is 31.6 Å². The fourth-order valence-electron chi connectivity index (χ4n) is 5.48. The molecule has 1 heterocycles. The topological polar surface area (TPSA) is 67.6 Å². The normalized spacial score (nSPS) is 29.8. The van der Waals surface area contributed by atoms with Gasteiger partial charge in [0.2, 0.25) is 5.91 Å². The molecule has 0 radical (unpaired) electrons. The number of aryl methyl sites for hydroxylation is 1. The van der Waals surface area contributed by atoms with Gasteiger partial charge in [0.15, 0.2) is 0 Å². The quantitative estimate of drug-likeness (QED) is 0.709. The Kier molecular flexibility index (Phi) is 9.89. The van der Waals surface area contributed by atoms with Crippen molar-refractivity contribution in [2.75, 3.05) is 32.8 Å². The second-order valence-corrected chi connectivity index (χ2v) is 9.02. The minimum absolute atomic E-state index is 0. The number of amides is 1. The van der Waals surface area contributed by atoms with Crippen molar-refractivity contribution >= 4 is 30.7 Å². The highest BCUT2D eigenvalue weighted by Crippen LogP contribution is 2.41. The second-order valence-electron chi connectivity index (χ2n) is 9.02. The molecule has 2 bridgehead atoms. The van der Waals surface area contributed by atoms with Gasteiger partial charge >= 0.3 is 0 Å². The van der Waals surface area contributed by atoms with E-state index >= 15 is 0 Å². The van der Waals surface area contributed by atoms with Gasteiger partial charge in [-0.2, -0.15) is 0 Å². The molecule has 2 aliphatic carbocycles. The number of nitrogens with two attached hydrogens (primary N) is 1. The van der Waals surface area contributed by atoms with Crippen LogP contribution in [-0.2, 0) is 9.53 Å². The lowest BCUT2D eigenvalue weighted by molar-refractivity contribution is -0.128. The molecule has 3 N–H and O–H groups in total. The lowest BCUT2D eigenvalue weighted by atomic mass is 9.65. The van der Waals surface area contributed by atoms with Crippen LogP contribution in [0, 0.1) is 24.7 Å². The van der Waals surface area contributed by atoms with Gasteiger partial charge in [-0.1, -0.05) is 36.2 Å². The first-order chi connectivity index (χ1) is 13.6. The molecule has 3 atom stereocenters. The molecule has 0 aromatic heterocycles. The lowest BCUT2D eigenvalue weighted by Crippen LogP contribution is -2.50. The Bertz CT molecular complexity index is 653. The van der Waals surface area contributed by atoms with E-state index in [-0.39, 0.29) is 42.7 Å². The number of halogens is 2. The molecule has 170 valence electrons. The lowest BCUT2D eigenvalue weighted by Gasteiger charge is -2.43. The minimum Gasteiger partial charge on any atom is -0.379 e. The number of hydrogen-bond acceptors (Lipinski definition) is 4. The van der Waals surface area contributed by atoms with Crippen LogP contribution in [0.25, 0.3) is 0 Å². The van der Waals surface area contributed by atoms with Crippen molar-refractivity contribution in [1.82, 2.24) is 10.2 Å². The fourth-order valence-corrected chi connectivity index (χ4v) is 5.48. The van der Waals surface area contributed by atoms with E-state index in [2.05, 4.69) is 41.4 Å². The van der Waals surface area contributed by atoms with Crippen LogP contribution >= 0.6 is 24.8 Å². The highest BCUT2D eigenvalue weighted by molar-refractivity contribution is 5.85. The number of nitrogens with one attached hydrogen (secondary N) is 1. The molecule has 1 aromatic rings. The Morgan fingerprint density at radius 2 is 1.73 bits per heavy atom. The van der Waals surface area contributed by atoms with Crippen molar-refractivity contribution in [1.29, 1.82) is 0 Å². The van der Waals surface area contributed by atoms with E-state index in [1.165, 1.54) is 30.4 Å². The summed E-state index contributed by atoms with van der Waals surface area (Å²) in [5, 5.41) is 3.30. The monoisotopic (exact) mass is 457 g/mol. The molecule has 1 saturated heterocycles. The molecule has 3 aliphatic rings. The fraction of sp³-hybridized carbons (Fsp3) is 0.696. The highest BCUT2D eigenvalue weighted by Gasteiger charge is 2.40. The molecule has 2 saturated carbocycles. The Balaban J connectivity index is 0.00000160. The van der Waals surface area contributed by atoms with Crippen LogP contribution in [0.1, 0.15) is 49.3 Å². The van der Waals surface area contributed by atoms with Crippen LogP contribution in [-0.4, -0.2) is 49.7 Å². The Hall–Kier alpha value is -0.850. The van der Waals surface area contributed by atoms with E-state index in [0.717, 1.165) is 39.1 Å². The van der Waals surface area contributed by atoms with Crippen LogP contribution in [0.5, 0.6) is 0 Å². The van der Waals surface area contributed by atoms with E-state index < -0.39 is 0 Å². The van der Waals surface area contributed by atoms with Crippen LogP contribution in [0.15, 0.2) is 24.3 Å². The van der Waals surface area contributed by atoms with E-state index in [1.54, 1.807) is 0 Å². The first-order valence-corrected chi connectivity index (χ1v) is 11.0. The standard InChI is InChI=1S/C23H35N3O2.2ClH/c1-16-5-7-17(8-6-16)21(26-9-11-28-12-10-26)15-25-23(27)20-13-18-3-2-4-19(14-20)22(18)24;;/h5-8,18-22H,2-4,9-15,24H2,1H3,(H,25,27);2*1H. The first kappa shape index (κ1) is 25.4. The summed E-state index contributed by atoms with van der Waals surface area (Å²) < 4.78 is 5.54. The molecule has 1 amide bonds. The number of benzene rings is 1. The van der Waals surface area contributed by atoms with Crippen molar-refractivity contribution in [3.05, 3.63) is 35.4 Å². The zero-order valence-electron chi connectivity index (χ0n) is 17.9. The molecule has 1 aliphatic heterocycles. The molecule has 3 fully saturated rings. The zero-order valence-corrected chi connectivity index (χ0v) is 19.6. The molecule has 5 nitrogen and oxygen atoms in total. The molecular weight excluding hydrogens is 421 g/mol. The molecular formula is C23H37Cl2N3O2. The van der Waals surface area contributed by atoms with Gasteiger partial charge in [0.1, 0.15) is 0 Å². The summed E-state index contributed by atoms with van der Waals surface area (Å²) in [6.07, 6.45) is 5.61. The molecule has 7 heteroatoms. The van der Waals surface area contributed by atoms with Crippen molar-refractivity contribution in [3.63, 3.8) is 0 Å². The third-order valence-electron chi connectivity index (χ3n) is 7.20. The average Bonchev–Trinajstić information content (AvgIpc) is 2.70. The number of hydrogen-bond donors (Lipinski definition) is 2. The number of ether oxygens (including phenoxy) is 1. The molecule has 30 heavy (non-hydrogen) atoms. The molecule has 4 rings (SSSR count). The Morgan fingerprint density at radius 1 is 1.13 bits per heavy atom. The highest BCUT2D eigenvalue weighted by atomic mass is 35.5. The largest absolute Gasteiger partial charge is 0.379 e. The van der Waals surface area contributed by atoms with Crippen molar-refractivity contribution in [3.8, 4) is 0 Å². The second kappa shape index (κ2) is 11.7. The summed E-state index contributed by atoms with van der Waals surface area (Å²) in [5.74, 6) is 1.44. The molecule has 0 spiro atoms. The summed E-state index contributed by atoms with van der Waals surface area (Å²) in [6.45, 7) is 6.13. The van der Waals surface area contributed by atoms with Crippen LogP contribution < -0.4 is 11.1 Å². The van der Waals surface area contributed by atoms with Gasteiger partial charge in [-0.3, -0.25) is 9.69 Å². The van der Waals surface area contributed by atoms with E-state index in [0.29, 0.717) is 24.4 Å². The maximum absolute atomic E-state index is 13.0. The third kappa shape index (κ3) is 5.89. The van der Waals surface area contributed by atoms with E-state index in [9.17, 15) is 4.79 Å². The minimum atomic E-state index is 0. The Labute approximate surface area is 193 Å². The van der Waals surface area contributed by atoms with Gasteiger partial charge < -0.3 is 15.8 Å². The summed E-state index contributed by atoms with van der Waals surface area (Å²) in [5.41, 5.74) is 8.94. The van der Waals surface area contributed by atoms with Gasteiger partial charge in [-0.25, -0.2) is 0 Å². The van der Waals surface area contributed by atoms with Crippen LogP contribution in [0.2, 0.25) is 0 Å². The smallest absolute Gasteiger partial charge is 0.223 e. The number of carbonyl (C=O) groups excluding carboxylic acids is 1. The summed E-state index contributed by atoms with van der Waals surface area (Å²) >= 11 is 0. The summed E-state index contributed by atoms with van der Waals surface area (Å²) in [6, 6.07) is 9.24. The van der Waals surface area contributed by atoms with Crippen LogP contribution in [0.4, 0.5) is 0 Å². The van der Waals surface area contributed by atoms with Gasteiger partial charge in [-0.15, -0.1) is 24.8 Å². The number of morpholine rings is 1. The summed E-state index contributed by atoms with van der Waals surface area (Å²) in [4.78, 5) is 15.5. The van der Waals surface area contributed by atoms with Gasteiger partial charge in [0.25, 0.3) is 0 Å². The maximum atomic E-state index is 13.0.